The number of hydrogen-bond acceptors (Lipinski definition) is 9. The summed E-state index contributed by atoms with van der Waals surface area (Å²) < 4.78 is 24.6. The number of ether oxygens (including phenoxy) is 3. The summed E-state index contributed by atoms with van der Waals surface area (Å²) in [4.78, 5) is 43.5. The molecule has 10 nitrogen and oxygen atoms in total. The fourth-order valence-electron chi connectivity index (χ4n) is 4.87. The predicted molar refractivity (Wildman–Crippen MR) is 165 cm³/mol. The molecule has 0 saturated carbocycles. The van der Waals surface area contributed by atoms with E-state index in [9.17, 15) is 19.5 Å². The van der Waals surface area contributed by atoms with E-state index in [0.717, 1.165) is 11.3 Å². The number of esters is 1. The highest BCUT2D eigenvalue weighted by atomic mass is 35.5. The predicted octanol–water partition coefficient (Wildman–Crippen LogP) is 5.21. The average molecular weight is 637 g/mol. The smallest absolute Gasteiger partial charge is 0.338 e. The largest absolute Gasteiger partial charge is 0.493 e. The van der Waals surface area contributed by atoms with Crippen molar-refractivity contribution in [2.45, 2.75) is 39.8 Å². The van der Waals surface area contributed by atoms with Gasteiger partial charge in [-0.15, -0.1) is 0 Å². The van der Waals surface area contributed by atoms with E-state index >= 15 is 0 Å². The molecule has 0 amide bonds. The number of hydrogen-bond donors (Lipinski definition) is 1. The van der Waals surface area contributed by atoms with Crippen LogP contribution in [-0.2, 0) is 9.53 Å². The number of rotatable bonds is 9. The van der Waals surface area contributed by atoms with Gasteiger partial charge < -0.3 is 23.7 Å². The number of aromatic carboxylic acids is 1. The summed E-state index contributed by atoms with van der Waals surface area (Å²) in [5, 5.41) is 9.33. The molecular formula is C32H29ClN2O8S. The first kappa shape index (κ1) is 30.8. The van der Waals surface area contributed by atoms with Crippen LogP contribution in [0.2, 0.25) is 5.02 Å². The molecule has 0 bridgehead atoms. The summed E-state index contributed by atoms with van der Waals surface area (Å²) in [6.45, 7) is 7.39. The first-order valence-electron chi connectivity index (χ1n) is 13.7. The Hall–Kier alpha value is -4.61. The van der Waals surface area contributed by atoms with Crippen LogP contribution in [0.1, 0.15) is 55.4 Å². The third-order valence-corrected chi connectivity index (χ3v) is 8.06. The number of halogens is 1. The molecule has 0 unspecified atom stereocenters. The zero-order valence-electron chi connectivity index (χ0n) is 24.5. The normalized spacial score (nSPS) is 14.8. The van der Waals surface area contributed by atoms with E-state index in [1.807, 2.05) is 13.8 Å². The molecule has 0 spiro atoms. The van der Waals surface area contributed by atoms with Crippen LogP contribution in [0.15, 0.2) is 74.0 Å². The van der Waals surface area contributed by atoms with Crippen molar-refractivity contribution in [1.29, 1.82) is 0 Å². The van der Waals surface area contributed by atoms with Crippen LogP contribution in [0.4, 0.5) is 0 Å². The van der Waals surface area contributed by atoms with Gasteiger partial charge in [0.1, 0.15) is 11.5 Å². The molecule has 0 radical (unpaired) electrons. The Kier molecular flexibility index (Phi) is 8.80. The third kappa shape index (κ3) is 5.93. The number of carbonyl (C=O) groups is 2. The highest BCUT2D eigenvalue weighted by molar-refractivity contribution is 7.07. The molecule has 12 heteroatoms. The van der Waals surface area contributed by atoms with Crippen molar-refractivity contribution in [3.63, 3.8) is 0 Å². The lowest BCUT2D eigenvalue weighted by molar-refractivity contribution is -0.139. The van der Waals surface area contributed by atoms with Crippen LogP contribution in [0.5, 0.6) is 11.5 Å². The number of carboxylic acids is 1. The molecule has 1 aliphatic heterocycles. The van der Waals surface area contributed by atoms with Crippen LogP contribution in [-0.4, -0.2) is 41.4 Å². The number of fused-ring (bicyclic) bond motifs is 1. The Morgan fingerprint density at radius 2 is 1.93 bits per heavy atom. The van der Waals surface area contributed by atoms with Gasteiger partial charge in [-0.2, -0.15) is 0 Å². The van der Waals surface area contributed by atoms with Gasteiger partial charge in [-0.05, 0) is 69.7 Å². The van der Waals surface area contributed by atoms with E-state index in [1.165, 1.54) is 23.8 Å². The lowest BCUT2D eigenvalue weighted by atomic mass is 9.95. The van der Waals surface area contributed by atoms with Crippen molar-refractivity contribution >= 4 is 41.0 Å². The topological polar surface area (TPSA) is 130 Å². The Morgan fingerprint density at radius 1 is 1.16 bits per heavy atom. The minimum absolute atomic E-state index is 0.0185. The molecule has 2 aromatic heterocycles. The number of benzene rings is 2. The van der Waals surface area contributed by atoms with Gasteiger partial charge in [-0.25, -0.2) is 14.6 Å². The molecular weight excluding hydrogens is 608 g/mol. The Bertz CT molecular complexity index is 1990. The standard InChI is InChI=1S/C32H29ClN2O8S/c1-6-41-31(39)27-17(4)34-32-35(28(27)19-8-11-24(42-16(2)3)25(14-19)40-5)29(36)26(44-32)15-20-9-12-23(43-20)18-7-10-21(30(37)38)22(33)13-18/h7-16,28H,6H2,1-5H3,(H,37,38)/b26-15-/t28-/m1/s1. The number of nitrogens with zero attached hydrogens (tertiary/aromatic N) is 2. The van der Waals surface area contributed by atoms with E-state index in [4.69, 9.17) is 30.2 Å². The molecule has 1 atom stereocenters. The molecule has 0 aliphatic carbocycles. The van der Waals surface area contributed by atoms with E-state index in [2.05, 4.69) is 4.99 Å². The maximum absolute atomic E-state index is 14.0. The summed E-state index contributed by atoms with van der Waals surface area (Å²) in [6.07, 6.45) is 1.51. The molecule has 228 valence electrons. The van der Waals surface area contributed by atoms with Crippen molar-refractivity contribution < 1.29 is 33.3 Å². The second-order valence-electron chi connectivity index (χ2n) is 10.1. The monoisotopic (exact) mass is 636 g/mol. The number of methoxy groups -OCH3 is 1. The summed E-state index contributed by atoms with van der Waals surface area (Å²) in [5.74, 6) is 0.114. The van der Waals surface area contributed by atoms with Gasteiger partial charge in [-0.1, -0.05) is 35.1 Å². The Balaban J connectivity index is 1.61. The number of carbonyl (C=O) groups excluding carboxylic acids is 1. The summed E-state index contributed by atoms with van der Waals surface area (Å²) in [6, 6.07) is 12.4. The second kappa shape index (κ2) is 12.6. The minimum atomic E-state index is -1.13. The first-order valence-corrected chi connectivity index (χ1v) is 14.9. The van der Waals surface area contributed by atoms with E-state index in [1.54, 1.807) is 56.3 Å². The quantitative estimate of drug-likeness (QED) is 0.248. The lowest BCUT2D eigenvalue weighted by Gasteiger charge is -2.25. The SMILES string of the molecule is CCOC(=O)C1=C(C)N=c2s/c(=C\c3ccc(-c4ccc(C(=O)O)c(Cl)c4)o3)c(=O)n2[C@@H]1c1ccc(OC(C)C)c(OC)c1. The molecule has 1 N–H and O–H groups in total. The lowest BCUT2D eigenvalue weighted by Crippen LogP contribution is -2.40. The number of carboxylic acid groups (broad SMARTS) is 1. The van der Waals surface area contributed by atoms with Gasteiger partial charge in [0.2, 0.25) is 0 Å². The molecule has 4 aromatic rings. The fourth-order valence-corrected chi connectivity index (χ4v) is 6.16. The van der Waals surface area contributed by atoms with Crippen LogP contribution >= 0.6 is 22.9 Å². The third-order valence-electron chi connectivity index (χ3n) is 6.77. The number of aromatic nitrogens is 1. The van der Waals surface area contributed by atoms with Crippen LogP contribution in [0.3, 0.4) is 0 Å². The summed E-state index contributed by atoms with van der Waals surface area (Å²) in [5.41, 5.74) is 1.48. The zero-order chi connectivity index (χ0) is 31.7. The van der Waals surface area contributed by atoms with Crippen molar-refractivity contribution in [1.82, 2.24) is 4.57 Å². The molecule has 5 rings (SSSR count). The van der Waals surface area contributed by atoms with Gasteiger partial charge in [0.05, 0.1) is 52.3 Å². The highest BCUT2D eigenvalue weighted by Gasteiger charge is 2.34. The summed E-state index contributed by atoms with van der Waals surface area (Å²) >= 11 is 7.29. The van der Waals surface area contributed by atoms with E-state index in [0.29, 0.717) is 49.2 Å². The zero-order valence-corrected chi connectivity index (χ0v) is 26.1. The van der Waals surface area contributed by atoms with Crippen LogP contribution < -0.4 is 24.4 Å². The van der Waals surface area contributed by atoms with Crippen molar-refractivity contribution in [3.05, 3.63) is 101 Å². The van der Waals surface area contributed by atoms with Gasteiger partial charge in [0.15, 0.2) is 16.3 Å². The highest BCUT2D eigenvalue weighted by Crippen LogP contribution is 2.36. The van der Waals surface area contributed by atoms with Gasteiger partial charge in [0.25, 0.3) is 5.56 Å². The van der Waals surface area contributed by atoms with Crippen molar-refractivity contribution in [2.24, 2.45) is 4.99 Å². The van der Waals surface area contributed by atoms with Crippen molar-refractivity contribution in [3.8, 4) is 22.8 Å². The summed E-state index contributed by atoms with van der Waals surface area (Å²) in [7, 11) is 1.52. The van der Waals surface area contributed by atoms with E-state index < -0.39 is 18.0 Å². The van der Waals surface area contributed by atoms with Crippen molar-refractivity contribution in [2.75, 3.05) is 13.7 Å². The average Bonchev–Trinajstić information content (AvgIpc) is 3.56. The van der Waals surface area contributed by atoms with Crippen LogP contribution in [0, 0.1) is 0 Å². The Labute approximate surface area is 261 Å². The molecule has 0 saturated heterocycles. The van der Waals surface area contributed by atoms with Gasteiger partial charge in [-0.3, -0.25) is 9.36 Å². The second-order valence-corrected chi connectivity index (χ2v) is 11.5. The number of allylic oxidation sites excluding steroid dienone is 1. The van der Waals surface area contributed by atoms with Crippen LogP contribution in [0.25, 0.3) is 17.4 Å². The Morgan fingerprint density at radius 3 is 2.59 bits per heavy atom. The number of furan rings is 1. The molecule has 1 aliphatic rings. The molecule has 0 fully saturated rings. The van der Waals surface area contributed by atoms with E-state index in [-0.39, 0.29) is 34.4 Å². The van der Waals surface area contributed by atoms with Gasteiger partial charge >= 0.3 is 11.9 Å². The molecule has 44 heavy (non-hydrogen) atoms. The maximum atomic E-state index is 14.0. The first-order chi connectivity index (χ1) is 21.0. The molecule has 3 heterocycles. The minimum Gasteiger partial charge on any atom is -0.493 e. The fraction of sp³-hybridized carbons (Fsp3) is 0.250. The maximum Gasteiger partial charge on any atom is 0.338 e. The van der Waals surface area contributed by atoms with Gasteiger partial charge in [0, 0.05) is 11.6 Å². The molecule has 2 aromatic carbocycles. The number of thiazole rings is 1.